The lowest BCUT2D eigenvalue weighted by atomic mass is 10.1. The summed E-state index contributed by atoms with van der Waals surface area (Å²) in [4.78, 5) is 24.4. The van der Waals surface area contributed by atoms with Crippen LogP contribution in [0, 0.1) is 13.8 Å². The van der Waals surface area contributed by atoms with Crippen LogP contribution in [0.25, 0.3) is 22.7 Å². The first-order valence-electron chi connectivity index (χ1n) is 10.8. The molecule has 34 heavy (non-hydrogen) atoms. The van der Waals surface area contributed by atoms with Gasteiger partial charge < -0.3 is 19.0 Å². The number of aliphatic carboxylic acids is 1. The fraction of sp³-hybridized carbons (Fsp3) is 0.455. The molecule has 2 aromatic heterocycles. The summed E-state index contributed by atoms with van der Waals surface area (Å²) < 4.78 is 40.8. The molecule has 182 valence electrons. The Morgan fingerprint density at radius 1 is 1.21 bits per heavy atom. The van der Waals surface area contributed by atoms with Gasteiger partial charge in [0.1, 0.15) is 5.75 Å². The lowest BCUT2D eigenvalue weighted by molar-refractivity contribution is -0.139. The highest BCUT2D eigenvalue weighted by Crippen LogP contribution is 2.35. The molecule has 3 aromatic rings. The molecule has 1 N–H and O–H groups in total. The third-order valence-electron chi connectivity index (χ3n) is 5.16. The second-order valence-electron chi connectivity index (χ2n) is 8.10. The smallest absolute Gasteiger partial charge is 0.341 e. The number of benzene rings is 1. The molecular weight excluding hydrogens is 482 g/mol. The summed E-state index contributed by atoms with van der Waals surface area (Å²) in [5, 5.41) is 9.15. The zero-order valence-electron chi connectivity index (χ0n) is 19.0. The highest BCUT2D eigenvalue weighted by atomic mass is 32.2. The summed E-state index contributed by atoms with van der Waals surface area (Å²) in [7, 11) is -3.02. The van der Waals surface area contributed by atoms with Crippen LogP contribution in [0.5, 0.6) is 11.6 Å². The van der Waals surface area contributed by atoms with Crippen molar-refractivity contribution in [2.75, 3.05) is 24.7 Å². The molecule has 1 fully saturated rings. The highest BCUT2D eigenvalue weighted by molar-refractivity contribution is 8.01. The van der Waals surface area contributed by atoms with Gasteiger partial charge in [0.05, 0.1) is 18.1 Å². The van der Waals surface area contributed by atoms with Crippen LogP contribution in [-0.2, 0) is 14.6 Å². The predicted molar refractivity (Wildman–Crippen MR) is 126 cm³/mol. The van der Waals surface area contributed by atoms with E-state index >= 15 is 0 Å². The standard InChI is InChI=1S/C22H25N3O7S2/c1-4-6-30-20-17-21(25-22(24-20)33-15-5-7-34(28,29)11-15)32-19(23-17)14-8-12(2)18(13(3)9-14)31-10-16(26)27/h8-9,15H,4-7,10-11H2,1-3H3,(H,26,27). The van der Waals surface area contributed by atoms with E-state index < -0.39 is 22.4 Å². The van der Waals surface area contributed by atoms with Crippen molar-refractivity contribution in [3.63, 3.8) is 0 Å². The Morgan fingerprint density at radius 3 is 2.56 bits per heavy atom. The Kier molecular flexibility index (Phi) is 6.99. The first-order chi connectivity index (χ1) is 16.1. The summed E-state index contributed by atoms with van der Waals surface area (Å²) >= 11 is 1.30. The number of fused-ring (bicyclic) bond motifs is 1. The van der Waals surface area contributed by atoms with E-state index in [9.17, 15) is 13.2 Å². The lowest BCUT2D eigenvalue weighted by Gasteiger charge is -2.11. The molecule has 1 unspecified atom stereocenters. The SMILES string of the molecule is CCCOc1nc(SC2CCS(=O)(=O)C2)nc2oc(-c3cc(C)c(OCC(=O)O)c(C)c3)nc12. The maximum absolute atomic E-state index is 11.8. The van der Waals surface area contributed by atoms with Gasteiger partial charge in [-0.25, -0.2) is 18.2 Å². The molecular formula is C22H25N3O7S2. The van der Waals surface area contributed by atoms with E-state index in [2.05, 4.69) is 15.0 Å². The number of aromatic nitrogens is 3. The first-order valence-corrected chi connectivity index (χ1v) is 13.5. The fourth-order valence-electron chi connectivity index (χ4n) is 3.69. The summed E-state index contributed by atoms with van der Waals surface area (Å²) in [6.45, 7) is 5.61. The van der Waals surface area contributed by atoms with Crippen molar-refractivity contribution >= 4 is 38.8 Å². The van der Waals surface area contributed by atoms with Crippen LogP contribution in [0.4, 0.5) is 0 Å². The average Bonchev–Trinajstić information content (AvgIpc) is 3.33. The van der Waals surface area contributed by atoms with E-state index in [1.54, 1.807) is 12.1 Å². The summed E-state index contributed by atoms with van der Waals surface area (Å²) in [5.74, 6) is 0.319. The number of aryl methyl sites for hydroxylation is 2. The van der Waals surface area contributed by atoms with E-state index in [0.29, 0.717) is 46.8 Å². The molecule has 1 aliphatic rings. The van der Waals surface area contributed by atoms with E-state index in [4.69, 9.17) is 19.0 Å². The van der Waals surface area contributed by atoms with Crippen molar-refractivity contribution in [3.05, 3.63) is 23.3 Å². The summed E-state index contributed by atoms with van der Waals surface area (Å²) in [6, 6.07) is 3.60. The van der Waals surface area contributed by atoms with Gasteiger partial charge in [0, 0.05) is 10.8 Å². The quantitative estimate of drug-likeness (QED) is 0.426. The van der Waals surface area contributed by atoms with Gasteiger partial charge in [-0.1, -0.05) is 18.7 Å². The Balaban J connectivity index is 1.69. The number of hydrogen-bond acceptors (Lipinski definition) is 10. The second-order valence-corrected chi connectivity index (χ2v) is 11.6. The van der Waals surface area contributed by atoms with E-state index in [1.165, 1.54) is 11.8 Å². The number of carboxylic acid groups (broad SMARTS) is 1. The number of sulfone groups is 1. The summed E-state index contributed by atoms with van der Waals surface area (Å²) in [5.41, 5.74) is 2.79. The Bertz CT molecular complexity index is 1310. The largest absolute Gasteiger partial charge is 0.481 e. The van der Waals surface area contributed by atoms with Gasteiger partial charge in [-0.05, 0) is 49.9 Å². The van der Waals surface area contributed by atoms with Gasteiger partial charge in [-0.15, -0.1) is 0 Å². The molecule has 0 bridgehead atoms. The van der Waals surface area contributed by atoms with Crippen molar-refractivity contribution in [1.29, 1.82) is 0 Å². The molecule has 1 atom stereocenters. The van der Waals surface area contributed by atoms with E-state index in [0.717, 1.165) is 17.5 Å². The van der Waals surface area contributed by atoms with Gasteiger partial charge in [-0.3, -0.25) is 0 Å². The van der Waals surface area contributed by atoms with Crippen LogP contribution in [-0.4, -0.2) is 64.4 Å². The third-order valence-corrected chi connectivity index (χ3v) is 8.27. The molecule has 0 radical (unpaired) electrons. The number of hydrogen-bond donors (Lipinski definition) is 1. The minimum absolute atomic E-state index is 0.0979. The molecule has 1 aromatic carbocycles. The zero-order valence-corrected chi connectivity index (χ0v) is 20.7. The van der Waals surface area contributed by atoms with Gasteiger partial charge in [-0.2, -0.15) is 9.97 Å². The number of carbonyl (C=O) groups is 1. The maximum Gasteiger partial charge on any atom is 0.341 e. The van der Waals surface area contributed by atoms with Crippen LogP contribution in [0.1, 0.15) is 30.9 Å². The van der Waals surface area contributed by atoms with E-state index in [-0.39, 0.29) is 22.5 Å². The zero-order chi connectivity index (χ0) is 24.5. The van der Waals surface area contributed by atoms with Crippen molar-refractivity contribution in [1.82, 2.24) is 15.0 Å². The first kappa shape index (κ1) is 24.3. The predicted octanol–water partition coefficient (Wildman–Crippen LogP) is 3.43. The molecule has 1 aliphatic heterocycles. The Hall–Kier alpha value is -2.86. The lowest BCUT2D eigenvalue weighted by Crippen LogP contribution is -2.10. The van der Waals surface area contributed by atoms with E-state index in [1.807, 2.05) is 20.8 Å². The average molecular weight is 508 g/mol. The number of oxazole rings is 1. The fourth-order valence-corrected chi connectivity index (χ4v) is 7.08. The second kappa shape index (κ2) is 9.79. The van der Waals surface area contributed by atoms with Crippen molar-refractivity contribution in [2.45, 2.75) is 44.0 Å². The number of thioether (sulfide) groups is 1. The molecule has 3 heterocycles. The van der Waals surface area contributed by atoms with Crippen molar-refractivity contribution in [2.24, 2.45) is 0 Å². The number of ether oxygens (including phenoxy) is 2. The number of carboxylic acids is 1. The number of nitrogens with zero attached hydrogens (tertiary/aromatic N) is 3. The molecule has 1 saturated heterocycles. The van der Waals surface area contributed by atoms with Crippen LogP contribution in [0.15, 0.2) is 21.7 Å². The molecule has 0 saturated carbocycles. The number of rotatable bonds is 9. The monoisotopic (exact) mass is 507 g/mol. The molecule has 0 spiro atoms. The minimum Gasteiger partial charge on any atom is -0.481 e. The van der Waals surface area contributed by atoms with Crippen molar-refractivity contribution in [3.8, 4) is 23.1 Å². The van der Waals surface area contributed by atoms with Crippen LogP contribution in [0.2, 0.25) is 0 Å². The van der Waals surface area contributed by atoms with Crippen LogP contribution in [0.3, 0.4) is 0 Å². The Morgan fingerprint density at radius 2 is 1.94 bits per heavy atom. The minimum atomic E-state index is -3.02. The third kappa shape index (κ3) is 5.44. The van der Waals surface area contributed by atoms with Gasteiger partial charge in [0.15, 0.2) is 27.1 Å². The molecule has 0 amide bonds. The molecule has 10 nitrogen and oxygen atoms in total. The van der Waals surface area contributed by atoms with Crippen LogP contribution >= 0.6 is 11.8 Å². The Labute approximate surface area is 201 Å². The molecule has 0 aliphatic carbocycles. The highest BCUT2D eigenvalue weighted by Gasteiger charge is 2.30. The van der Waals surface area contributed by atoms with Gasteiger partial charge >= 0.3 is 5.97 Å². The van der Waals surface area contributed by atoms with Gasteiger partial charge in [0.25, 0.3) is 5.71 Å². The molecule has 12 heteroatoms. The topological polar surface area (TPSA) is 142 Å². The van der Waals surface area contributed by atoms with Crippen molar-refractivity contribution < 1.29 is 32.2 Å². The molecule has 4 rings (SSSR count). The van der Waals surface area contributed by atoms with Crippen LogP contribution < -0.4 is 9.47 Å². The normalized spacial score (nSPS) is 17.2. The maximum atomic E-state index is 11.8. The summed E-state index contributed by atoms with van der Waals surface area (Å²) in [6.07, 6.45) is 1.33. The van der Waals surface area contributed by atoms with Gasteiger partial charge in [0.2, 0.25) is 11.8 Å².